The highest BCUT2D eigenvalue weighted by Gasteiger charge is 2.22. The molecular weight excluding hydrogens is 218 g/mol. The van der Waals surface area contributed by atoms with E-state index in [2.05, 4.69) is 11.4 Å². The molecule has 0 aromatic heterocycles. The molecule has 16 heavy (non-hydrogen) atoms. The smallest absolute Gasteiger partial charge is 0.180 e. The third-order valence-corrected chi connectivity index (χ3v) is 3.81. The average Bonchev–Trinajstić information content (AvgIpc) is 2.28. The fourth-order valence-electron chi connectivity index (χ4n) is 2.05. The van der Waals surface area contributed by atoms with Gasteiger partial charge in [-0.1, -0.05) is 17.2 Å². The van der Waals surface area contributed by atoms with Crippen molar-refractivity contribution in [1.29, 1.82) is 0 Å². The maximum Gasteiger partial charge on any atom is 0.180 e. The third kappa shape index (κ3) is 2.66. The Morgan fingerprint density at radius 2 is 2.00 bits per heavy atom. The first-order valence-electron chi connectivity index (χ1n) is 5.60. The molecule has 1 atom stereocenters. The first kappa shape index (κ1) is 11.7. The van der Waals surface area contributed by atoms with Crippen LogP contribution in [0.3, 0.4) is 0 Å². The van der Waals surface area contributed by atoms with Gasteiger partial charge < -0.3 is 5.32 Å². The third-order valence-electron chi connectivity index (χ3n) is 2.74. The molecule has 2 nitrogen and oxygen atoms in total. The van der Waals surface area contributed by atoms with Gasteiger partial charge in [0.2, 0.25) is 0 Å². The molecule has 0 saturated carbocycles. The molecule has 0 radical (unpaired) electrons. The van der Waals surface area contributed by atoms with Gasteiger partial charge in [0.25, 0.3) is 0 Å². The first-order valence-corrected chi connectivity index (χ1v) is 6.76. The van der Waals surface area contributed by atoms with Crippen molar-refractivity contribution in [2.45, 2.75) is 19.9 Å². The zero-order valence-electron chi connectivity index (χ0n) is 9.75. The molecule has 1 heterocycles. The molecule has 3 heteroatoms. The number of carbonyl (C=O) groups excluding carboxylic acids is 1. The molecule has 1 aliphatic rings. The Hall–Kier alpha value is -0.800. The van der Waals surface area contributed by atoms with Crippen LogP contribution in [0.5, 0.6) is 0 Å². The summed E-state index contributed by atoms with van der Waals surface area (Å²) in [6.07, 6.45) is 0. The van der Waals surface area contributed by atoms with Gasteiger partial charge in [-0.2, -0.15) is 11.8 Å². The molecule has 1 unspecified atom stereocenters. The summed E-state index contributed by atoms with van der Waals surface area (Å²) in [5.41, 5.74) is 3.16. The topological polar surface area (TPSA) is 29.1 Å². The van der Waals surface area contributed by atoms with E-state index in [0.29, 0.717) is 0 Å². The van der Waals surface area contributed by atoms with E-state index in [0.717, 1.165) is 34.7 Å². The normalized spacial score (nSPS) is 20.8. The summed E-state index contributed by atoms with van der Waals surface area (Å²) in [7, 11) is 0. The van der Waals surface area contributed by atoms with Gasteiger partial charge in [0.05, 0.1) is 6.04 Å². The summed E-state index contributed by atoms with van der Waals surface area (Å²) in [5.74, 6) is 2.24. The maximum absolute atomic E-state index is 12.2. The van der Waals surface area contributed by atoms with Crippen LogP contribution in [0.15, 0.2) is 18.2 Å². The molecule has 0 spiro atoms. The Morgan fingerprint density at radius 1 is 1.31 bits per heavy atom. The minimum absolute atomic E-state index is 0.0000463. The number of rotatable bonds is 2. The number of Topliss-reactive ketones (excluding diaryl/α,β-unsaturated/α-hetero) is 1. The van der Waals surface area contributed by atoms with Crippen LogP contribution >= 0.6 is 11.8 Å². The SMILES string of the molecule is Cc1cc(C)cc(C(=O)C2CSCCN2)c1. The van der Waals surface area contributed by atoms with Gasteiger partial charge in [-0.3, -0.25) is 4.79 Å². The summed E-state index contributed by atoms with van der Waals surface area (Å²) in [6, 6.07) is 6.06. The largest absolute Gasteiger partial charge is 0.306 e. The van der Waals surface area contributed by atoms with E-state index < -0.39 is 0 Å². The lowest BCUT2D eigenvalue weighted by Gasteiger charge is -2.22. The van der Waals surface area contributed by atoms with Crippen molar-refractivity contribution in [3.63, 3.8) is 0 Å². The first-order chi connectivity index (χ1) is 7.66. The lowest BCUT2D eigenvalue weighted by atomic mass is 10.0. The summed E-state index contributed by atoms with van der Waals surface area (Å²) in [5, 5.41) is 3.29. The van der Waals surface area contributed by atoms with Gasteiger partial charge in [-0.15, -0.1) is 0 Å². The van der Waals surface area contributed by atoms with Crippen LogP contribution in [0.25, 0.3) is 0 Å². The predicted octanol–water partition coefficient (Wildman–Crippen LogP) is 2.19. The van der Waals surface area contributed by atoms with Gasteiger partial charge in [-0.05, 0) is 26.0 Å². The lowest BCUT2D eigenvalue weighted by molar-refractivity contribution is 0.0953. The van der Waals surface area contributed by atoms with Crippen molar-refractivity contribution in [1.82, 2.24) is 5.32 Å². The zero-order chi connectivity index (χ0) is 11.5. The summed E-state index contributed by atoms with van der Waals surface area (Å²) in [6.45, 7) is 5.01. The number of carbonyl (C=O) groups is 1. The molecule has 1 aliphatic heterocycles. The fraction of sp³-hybridized carbons (Fsp3) is 0.462. The van der Waals surface area contributed by atoms with Gasteiger partial charge >= 0.3 is 0 Å². The van der Waals surface area contributed by atoms with Gasteiger partial charge in [0.15, 0.2) is 5.78 Å². The standard InChI is InChI=1S/C13H17NOS/c1-9-5-10(2)7-11(6-9)13(15)12-8-16-4-3-14-12/h5-7,12,14H,3-4,8H2,1-2H3. The minimum atomic E-state index is -0.0000463. The molecule has 2 rings (SSSR count). The maximum atomic E-state index is 12.2. The molecule has 0 bridgehead atoms. The van der Waals surface area contributed by atoms with Crippen LogP contribution in [0.4, 0.5) is 0 Å². The van der Waals surface area contributed by atoms with E-state index in [1.54, 1.807) is 0 Å². The monoisotopic (exact) mass is 235 g/mol. The Balaban J connectivity index is 2.19. The molecule has 1 aromatic rings. The van der Waals surface area contributed by atoms with Crippen molar-refractivity contribution in [2.24, 2.45) is 0 Å². The number of hydrogen-bond donors (Lipinski definition) is 1. The fourth-order valence-corrected chi connectivity index (χ4v) is 2.99. The van der Waals surface area contributed by atoms with E-state index in [4.69, 9.17) is 0 Å². The van der Waals surface area contributed by atoms with Crippen LogP contribution in [-0.4, -0.2) is 29.9 Å². The molecule has 0 amide bonds. The van der Waals surface area contributed by atoms with Crippen LogP contribution in [0, 0.1) is 13.8 Å². The van der Waals surface area contributed by atoms with Crippen LogP contribution in [0.1, 0.15) is 21.5 Å². The average molecular weight is 235 g/mol. The second kappa shape index (κ2) is 5.02. The summed E-state index contributed by atoms with van der Waals surface area (Å²) < 4.78 is 0. The molecule has 1 aromatic carbocycles. The number of aryl methyl sites for hydroxylation is 2. The van der Waals surface area contributed by atoms with E-state index in [9.17, 15) is 4.79 Å². The molecule has 1 N–H and O–H groups in total. The predicted molar refractivity (Wildman–Crippen MR) is 69.4 cm³/mol. The molecule has 1 saturated heterocycles. The number of hydrogen-bond acceptors (Lipinski definition) is 3. The second-order valence-electron chi connectivity index (χ2n) is 4.32. The quantitative estimate of drug-likeness (QED) is 0.797. The summed E-state index contributed by atoms with van der Waals surface area (Å²) in [4.78, 5) is 12.2. The number of thioether (sulfide) groups is 1. The van der Waals surface area contributed by atoms with E-state index >= 15 is 0 Å². The van der Waals surface area contributed by atoms with Crippen LogP contribution < -0.4 is 5.32 Å². The zero-order valence-corrected chi connectivity index (χ0v) is 10.6. The van der Waals surface area contributed by atoms with Crippen molar-refractivity contribution in [3.8, 4) is 0 Å². The van der Waals surface area contributed by atoms with Crippen molar-refractivity contribution >= 4 is 17.5 Å². The lowest BCUT2D eigenvalue weighted by Crippen LogP contribution is -2.43. The van der Waals surface area contributed by atoms with Crippen molar-refractivity contribution < 1.29 is 4.79 Å². The Labute approximate surface area is 101 Å². The van der Waals surface area contributed by atoms with E-state index in [-0.39, 0.29) is 11.8 Å². The molecule has 86 valence electrons. The Kier molecular flexibility index (Phi) is 3.66. The minimum Gasteiger partial charge on any atom is -0.306 e. The Bertz CT molecular complexity index is 377. The number of ketones is 1. The van der Waals surface area contributed by atoms with Crippen molar-refractivity contribution in [3.05, 3.63) is 34.9 Å². The van der Waals surface area contributed by atoms with Gasteiger partial charge in [0, 0.05) is 23.6 Å². The highest BCUT2D eigenvalue weighted by molar-refractivity contribution is 7.99. The highest BCUT2D eigenvalue weighted by atomic mass is 32.2. The van der Waals surface area contributed by atoms with Crippen LogP contribution in [0.2, 0.25) is 0 Å². The number of benzene rings is 1. The highest BCUT2D eigenvalue weighted by Crippen LogP contribution is 2.15. The molecule has 0 aliphatic carbocycles. The van der Waals surface area contributed by atoms with E-state index in [1.807, 2.05) is 37.7 Å². The molecular formula is C13H17NOS. The summed E-state index contributed by atoms with van der Waals surface area (Å²) >= 11 is 1.85. The van der Waals surface area contributed by atoms with Crippen LogP contribution in [-0.2, 0) is 0 Å². The van der Waals surface area contributed by atoms with E-state index in [1.165, 1.54) is 0 Å². The molecule has 1 fully saturated rings. The van der Waals surface area contributed by atoms with Gasteiger partial charge in [-0.25, -0.2) is 0 Å². The van der Waals surface area contributed by atoms with Gasteiger partial charge in [0.1, 0.15) is 0 Å². The number of nitrogens with one attached hydrogen (secondary N) is 1. The second-order valence-corrected chi connectivity index (χ2v) is 5.47. The Morgan fingerprint density at radius 3 is 2.56 bits per heavy atom. The van der Waals surface area contributed by atoms with Crippen molar-refractivity contribution in [2.75, 3.05) is 18.1 Å².